The molecular weight excluding hydrogens is 412 g/mol. The highest BCUT2D eigenvalue weighted by Gasteiger charge is 2.22. The molecule has 0 radical (unpaired) electrons. The number of hydrogen-bond acceptors (Lipinski definition) is 7. The van der Waals surface area contributed by atoms with E-state index in [0.717, 1.165) is 67.8 Å². The SMILES string of the molecule is C=C/C=C\c1oc(CN2CCN(c3nnc(NC(=O)NC4CCCC4)s3)CC2)cc1C. The first-order valence-electron chi connectivity index (χ1n) is 10.9. The number of urea groups is 1. The fourth-order valence-electron chi connectivity index (χ4n) is 4.06. The zero-order chi connectivity index (χ0) is 21.6. The highest BCUT2D eigenvalue weighted by Crippen LogP contribution is 2.26. The number of hydrogen-bond donors (Lipinski definition) is 2. The van der Waals surface area contributed by atoms with Crippen LogP contribution in [0.25, 0.3) is 6.08 Å². The van der Waals surface area contributed by atoms with Gasteiger partial charge in [0, 0.05) is 32.2 Å². The second-order valence-corrected chi connectivity index (χ2v) is 9.04. The van der Waals surface area contributed by atoms with Crippen molar-refractivity contribution in [3.8, 4) is 0 Å². The number of rotatable bonds is 7. The van der Waals surface area contributed by atoms with Gasteiger partial charge in [-0.1, -0.05) is 42.9 Å². The van der Waals surface area contributed by atoms with E-state index in [1.807, 2.05) is 12.2 Å². The molecule has 2 aliphatic rings. The van der Waals surface area contributed by atoms with Crippen molar-refractivity contribution in [2.24, 2.45) is 0 Å². The third-order valence-corrected chi connectivity index (χ3v) is 6.64. The average molecular weight is 443 g/mol. The van der Waals surface area contributed by atoms with E-state index in [2.05, 4.69) is 50.2 Å². The van der Waals surface area contributed by atoms with Crippen LogP contribution < -0.4 is 15.5 Å². The van der Waals surface area contributed by atoms with E-state index in [0.29, 0.717) is 5.13 Å². The van der Waals surface area contributed by atoms with E-state index in [4.69, 9.17) is 4.42 Å². The number of anilines is 2. The molecule has 2 amide bonds. The largest absolute Gasteiger partial charge is 0.460 e. The Hall–Kier alpha value is -2.65. The molecule has 1 aliphatic heterocycles. The molecular formula is C22H30N6O2S. The van der Waals surface area contributed by atoms with Crippen molar-refractivity contribution in [1.82, 2.24) is 20.4 Å². The molecule has 0 atom stereocenters. The first-order chi connectivity index (χ1) is 15.1. The van der Waals surface area contributed by atoms with Crippen LogP contribution in [0.1, 0.15) is 42.8 Å². The van der Waals surface area contributed by atoms with E-state index in [1.165, 1.54) is 24.2 Å². The maximum atomic E-state index is 12.1. The minimum absolute atomic E-state index is 0.185. The smallest absolute Gasteiger partial charge is 0.321 e. The van der Waals surface area contributed by atoms with Crippen LogP contribution in [-0.4, -0.2) is 53.3 Å². The molecule has 2 aromatic rings. The van der Waals surface area contributed by atoms with Gasteiger partial charge in [-0.3, -0.25) is 10.2 Å². The third kappa shape index (κ3) is 5.74. The Morgan fingerprint density at radius 3 is 2.81 bits per heavy atom. The van der Waals surface area contributed by atoms with Crippen LogP contribution >= 0.6 is 11.3 Å². The van der Waals surface area contributed by atoms with Crippen LogP contribution in [0.4, 0.5) is 15.1 Å². The van der Waals surface area contributed by atoms with Crippen molar-refractivity contribution in [2.75, 3.05) is 36.4 Å². The summed E-state index contributed by atoms with van der Waals surface area (Å²) < 4.78 is 5.96. The summed E-state index contributed by atoms with van der Waals surface area (Å²) in [6, 6.07) is 2.21. The van der Waals surface area contributed by atoms with Gasteiger partial charge in [0.1, 0.15) is 11.5 Å². The standard InChI is InChI=1S/C22H30N6O2S/c1-3-4-9-19-16(2)14-18(30-19)15-27-10-12-28(13-11-27)22-26-25-21(31-22)24-20(29)23-17-7-5-6-8-17/h3-4,9,14,17H,1,5-8,10-13,15H2,2H3,(H2,23,24,25,29)/b9-4-. The Labute approximate surface area is 187 Å². The molecule has 2 aromatic heterocycles. The van der Waals surface area contributed by atoms with Gasteiger partial charge in [-0.25, -0.2) is 4.79 Å². The fraction of sp³-hybridized carbons (Fsp3) is 0.500. The Morgan fingerprint density at radius 1 is 1.29 bits per heavy atom. The summed E-state index contributed by atoms with van der Waals surface area (Å²) in [5, 5.41) is 15.6. The molecule has 0 aromatic carbocycles. The molecule has 4 rings (SSSR count). The number of allylic oxidation sites excluding steroid dienone is 2. The van der Waals surface area contributed by atoms with Gasteiger partial charge in [0.05, 0.1) is 6.54 Å². The van der Waals surface area contributed by atoms with Gasteiger partial charge >= 0.3 is 6.03 Å². The summed E-state index contributed by atoms with van der Waals surface area (Å²) >= 11 is 1.42. The molecule has 8 nitrogen and oxygen atoms in total. The second kappa shape index (κ2) is 10.1. The predicted molar refractivity (Wildman–Crippen MR) is 124 cm³/mol. The second-order valence-electron chi connectivity index (χ2n) is 8.09. The summed E-state index contributed by atoms with van der Waals surface area (Å²) in [5.41, 5.74) is 1.14. The van der Waals surface area contributed by atoms with Gasteiger partial charge < -0.3 is 14.6 Å². The molecule has 2 fully saturated rings. The van der Waals surface area contributed by atoms with E-state index < -0.39 is 0 Å². The average Bonchev–Trinajstić information content (AvgIpc) is 3.50. The molecule has 2 N–H and O–H groups in total. The Balaban J connectivity index is 1.25. The number of amides is 2. The van der Waals surface area contributed by atoms with Crippen LogP contribution in [0.5, 0.6) is 0 Å². The topological polar surface area (TPSA) is 86.5 Å². The summed E-state index contributed by atoms with van der Waals surface area (Å²) in [6.07, 6.45) is 10.1. The van der Waals surface area contributed by atoms with Gasteiger partial charge in [0.15, 0.2) is 0 Å². The fourth-order valence-corrected chi connectivity index (χ4v) is 4.85. The summed E-state index contributed by atoms with van der Waals surface area (Å²) in [5.74, 6) is 1.87. The molecule has 1 saturated heterocycles. The lowest BCUT2D eigenvalue weighted by Crippen LogP contribution is -2.45. The molecule has 166 valence electrons. The maximum absolute atomic E-state index is 12.1. The van der Waals surface area contributed by atoms with Gasteiger partial charge in [0.2, 0.25) is 10.3 Å². The van der Waals surface area contributed by atoms with Gasteiger partial charge in [-0.05, 0) is 37.5 Å². The van der Waals surface area contributed by atoms with Gasteiger partial charge in [0.25, 0.3) is 0 Å². The van der Waals surface area contributed by atoms with E-state index in [1.54, 1.807) is 6.08 Å². The van der Waals surface area contributed by atoms with Crippen molar-refractivity contribution in [3.05, 3.63) is 41.9 Å². The zero-order valence-electron chi connectivity index (χ0n) is 18.0. The quantitative estimate of drug-likeness (QED) is 0.630. The monoisotopic (exact) mass is 442 g/mol. The minimum atomic E-state index is -0.185. The first-order valence-corrected chi connectivity index (χ1v) is 11.7. The Bertz CT molecular complexity index is 922. The van der Waals surface area contributed by atoms with Crippen molar-refractivity contribution in [3.63, 3.8) is 0 Å². The lowest BCUT2D eigenvalue weighted by atomic mass is 10.2. The van der Waals surface area contributed by atoms with Crippen LogP contribution in [0.2, 0.25) is 0 Å². The number of aryl methyl sites for hydroxylation is 1. The zero-order valence-corrected chi connectivity index (χ0v) is 18.8. The third-order valence-electron chi connectivity index (χ3n) is 5.74. The molecule has 1 aliphatic carbocycles. The molecule has 1 saturated carbocycles. The predicted octanol–water partition coefficient (Wildman–Crippen LogP) is 4.03. The molecule has 9 heteroatoms. The highest BCUT2D eigenvalue weighted by molar-refractivity contribution is 7.19. The molecule has 0 bridgehead atoms. The molecule has 0 unspecified atom stereocenters. The number of furan rings is 1. The molecule has 0 spiro atoms. The number of piperazine rings is 1. The first kappa shape index (κ1) is 21.6. The number of nitrogens with one attached hydrogen (secondary N) is 2. The minimum Gasteiger partial charge on any atom is -0.460 e. The van der Waals surface area contributed by atoms with E-state index in [-0.39, 0.29) is 12.1 Å². The lowest BCUT2D eigenvalue weighted by Gasteiger charge is -2.33. The highest BCUT2D eigenvalue weighted by atomic mass is 32.1. The van der Waals surface area contributed by atoms with Gasteiger partial charge in [-0.2, -0.15) is 0 Å². The number of nitrogens with zero attached hydrogens (tertiary/aromatic N) is 4. The van der Waals surface area contributed by atoms with Crippen molar-refractivity contribution >= 4 is 33.7 Å². The Morgan fingerprint density at radius 2 is 2.06 bits per heavy atom. The normalized spacial score (nSPS) is 18.0. The number of aromatic nitrogens is 2. The number of carbonyl (C=O) groups excluding carboxylic acids is 1. The van der Waals surface area contributed by atoms with Gasteiger partial charge in [-0.15, -0.1) is 10.2 Å². The van der Waals surface area contributed by atoms with Crippen molar-refractivity contribution < 1.29 is 9.21 Å². The van der Waals surface area contributed by atoms with Crippen LogP contribution in [0.3, 0.4) is 0 Å². The van der Waals surface area contributed by atoms with Crippen molar-refractivity contribution in [1.29, 1.82) is 0 Å². The van der Waals surface area contributed by atoms with E-state index in [9.17, 15) is 4.79 Å². The van der Waals surface area contributed by atoms with Crippen LogP contribution in [-0.2, 0) is 6.54 Å². The lowest BCUT2D eigenvalue weighted by molar-refractivity contribution is 0.230. The Kier molecular flexibility index (Phi) is 7.03. The van der Waals surface area contributed by atoms with Crippen molar-refractivity contribution in [2.45, 2.75) is 45.2 Å². The van der Waals surface area contributed by atoms with E-state index >= 15 is 0 Å². The molecule has 3 heterocycles. The maximum Gasteiger partial charge on any atom is 0.321 e. The molecule has 31 heavy (non-hydrogen) atoms. The van der Waals surface area contributed by atoms with Crippen LogP contribution in [0.15, 0.2) is 29.2 Å². The van der Waals surface area contributed by atoms with Crippen LogP contribution in [0, 0.1) is 6.92 Å². The summed E-state index contributed by atoms with van der Waals surface area (Å²) in [6.45, 7) is 10.1. The summed E-state index contributed by atoms with van der Waals surface area (Å²) in [7, 11) is 0. The summed E-state index contributed by atoms with van der Waals surface area (Å²) in [4.78, 5) is 16.7. The number of carbonyl (C=O) groups is 1.